The zero-order chi connectivity index (χ0) is 34.2. The number of piperidine rings is 2. The average molecular weight is 669 g/mol. The van der Waals surface area contributed by atoms with Gasteiger partial charge in [-0.1, -0.05) is 12.1 Å². The van der Waals surface area contributed by atoms with E-state index < -0.39 is 5.82 Å². The molecule has 1 aromatic heterocycles. The van der Waals surface area contributed by atoms with Gasteiger partial charge in [-0.05, 0) is 98.8 Å². The number of aromatic hydroxyl groups is 1. The molecule has 2 amide bonds. The molecule has 3 fully saturated rings. The minimum atomic E-state index is -0.512. The van der Waals surface area contributed by atoms with Crippen LogP contribution in [0.3, 0.4) is 0 Å². The third-order valence-corrected chi connectivity index (χ3v) is 11.0. The van der Waals surface area contributed by atoms with Gasteiger partial charge in [-0.3, -0.25) is 19.6 Å². The molecular formula is C37H45FN8O3. The summed E-state index contributed by atoms with van der Waals surface area (Å²) in [5, 5.41) is 17.3. The van der Waals surface area contributed by atoms with Gasteiger partial charge >= 0.3 is 0 Å². The number of imide groups is 1. The highest BCUT2D eigenvalue weighted by Gasteiger charge is 2.37. The van der Waals surface area contributed by atoms with E-state index in [-0.39, 0.29) is 46.7 Å². The van der Waals surface area contributed by atoms with E-state index >= 15 is 0 Å². The van der Waals surface area contributed by atoms with Crippen molar-refractivity contribution in [3.63, 3.8) is 0 Å². The molecule has 258 valence electrons. The Labute approximate surface area is 285 Å². The lowest BCUT2D eigenvalue weighted by Crippen LogP contribution is -2.52. The highest BCUT2D eigenvalue weighted by Crippen LogP contribution is 2.42. The SMILES string of the molecule is NC(N)=C(/C=C(\N)c1cc(F)ccc1O)c1cnn(C2CCN(C3CCC(c4cccc5c4CCN5C4CCC(=O)NC4=O)CC3)CC2)c1. The van der Waals surface area contributed by atoms with Gasteiger partial charge in [0.25, 0.3) is 0 Å². The number of allylic oxidation sites excluding steroid dienone is 2. The molecule has 1 unspecified atom stereocenters. The van der Waals surface area contributed by atoms with Crippen LogP contribution >= 0.6 is 0 Å². The fraction of sp³-hybridized carbons (Fsp3) is 0.432. The number of amides is 2. The van der Waals surface area contributed by atoms with Gasteiger partial charge in [-0.2, -0.15) is 5.10 Å². The Hall–Kier alpha value is -4.84. The molecule has 4 aliphatic rings. The summed E-state index contributed by atoms with van der Waals surface area (Å²) in [5.74, 6) is -0.415. The summed E-state index contributed by atoms with van der Waals surface area (Å²) in [6.45, 7) is 2.83. The predicted octanol–water partition coefficient (Wildman–Crippen LogP) is 3.84. The van der Waals surface area contributed by atoms with Gasteiger partial charge in [0.05, 0.1) is 12.2 Å². The summed E-state index contributed by atoms with van der Waals surface area (Å²) in [5.41, 5.74) is 23.7. The van der Waals surface area contributed by atoms with E-state index in [1.165, 1.54) is 41.8 Å². The topological polar surface area (TPSA) is 169 Å². The lowest BCUT2D eigenvalue weighted by Gasteiger charge is -2.41. The number of fused-ring (bicyclic) bond motifs is 1. The zero-order valence-corrected chi connectivity index (χ0v) is 27.7. The summed E-state index contributed by atoms with van der Waals surface area (Å²) >= 11 is 0. The van der Waals surface area contributed by atoms with Crippen molar-refractivity contribution in [3.8, 4) is 5.75 Å². The van der Waals surface area contributed by atoms with Crippen molar-refractivity contribution in [3.05, 3.63) is 88.8 Å². The molecule has 0 bridgehead atoms. The van der Waals surface area contributed by atoms with Crippen LogP contribution in [0.2, 0.25) is 0 Å². The number of likely N-dealkylation sites (tertiary alicyclic amines) is 1. The first kappa shape index (κ1) is 32.7. The maximum Gasteiger partial charge on any atom is 0.249 e. The van der Waals surface area contributed by atoms with Gasteiger partial charge < -0.3 is 32.1 Å². The standard InChI is InChI=1S/C37H45FN8O3/c38-24-6-10-34(47)30(18-24)31(39)19-29(36(40)41)23-20-42-46(21-23)26-12-15-44(16-13-26)25-7-4-22(5-8-25)27-2-1-3-32-28(27)14-17-45(32)33-9-11-35(48)43-37(33)49/h1-3,6,10,18-22,25-26,33,47H,4-5,7-9,11-17,39-41H2,(H,43,48,49)/b31-19-. The molecule has 49 heavy (non-hydrogen) atoms. The van der Waals surface area contributed by atoms with Crippen LogP contribution < -0.4 is 27.4 Å². The number of benzene rings is 2. The Morgan fingerprint density at radius 3 is 2.45 bits per heavy atom. The van der Waals surface area contributed by atoms with Gasteiger partial charge in [0.15, 0.2) is 0 Å². The predicted molar refractivity (Wildman–Crippen MR) is 186 cm³/mol. The van der Waals surface area contributed by atoms with E-state index in [4.69, 9.17) is 17.2 Å². The van der Waals surface area contributed by atoms with Crippen LogP contribution in [-0.4, -0.2) is 63.3 Å². The van der Waals surface area contributed by atoms with Gasteiger partial charge in [0.1, 0.15) is 23.4 Å². The molecule has 2 aromatic carbocycles. The minimum absolute atomic E-state index is 0.0518. The maximum absolute atomic E-state index is 13.8. The number of phenolic OH excluding ortho intramolecular Hbond substituents is 1. The summed E-state index contributed by atoms with van der Waals surface area (Å²) in [7, 11) is 0. The van der Waals surface area contributed by atoms with Crippen molar-refractivity contribution in [1.82, 2.24) is 20.0 Å². The van der Waals surface area contributed by atoms with Crippen molar-refractivity contribution >= 4 is 28.8 Å². The third kappa shape index (κ3) is 6.61. The molecule has 11 nitrogen and oxygen atoms in total. The van der Waals surface area contributed by atoms with E-state index in [2.05, 4.69) is 38.4 Å². The number of nitrogens with one attached hydrogen (secondary N) is 1. The molecule has 1 aliphatic carbocycles. The van der Waals surface area contributed by atoms with Crippen LogP contribution in [0.1, 0.15) is 85.6 Å². The lowest BCUT2D eigenvalue weighted by molar-refractivity contribution is -0.134. The maximum atomic E-state index is 13.8. The first-order valence-corrected chi connectivity index (χ1v) is 17.4. The first-order chi connectivity index (χ1) is 23.7. The van der Waals surface area contributed by atoms with Gasteiger partial charge in [0, 0.05) is 66.4 Å². The molecule has 1 saturated carbocycles. The van der Waals surface area contributed by atoms with E-state index in [1.54, 1.807) is 12.3 Å². The molecule has 0 spiro atoms. The molecular weight excluding hydrogens is 623 g/mol. The average Bonchev–Trinajstić information content (AvgIpc) is 3.76. The fourth-order valence-corrected chi connectivity index (χ4v) is 8.42. The highest BCUT2D eigenvalue weighted by molar-refractivity contribution is 6.02. The molecule has 0 radical (unpaired) electrons. The number of nitrogens with two attached hydrogens (primary N) is 3. The number of nitrogens with zero attached hydrogens (tertiary/aromatic N) is 4. The largest absolute Gasteiger partial charge is 0.507 e. The number of carbonyl (C=O) groups is 2. The Morgan fingerprint density at radius 2 is 1.71 bits per heavy atom. The summed E-state index contributed by atoms with van der Waals surface area (Å²) in [6.07, 6.45) is 13.7. The number of halogens is 1. The number of hydrogen-bond donors (Lipinski definition) is 5. The fourth-order valence-electron chi connectivity index (χ4n) is 8.42. The first-order valence-electron chi connectivity index (χ1n) is 17.4. The number of anilines is 1. The zero-order valence-electron chi connectivity index (χ0n) is 27.7. The normalized spacial score (nSPS) is 23.7. The van der Waals surface area contributed by atoms with Crippen LogP contribution in [-0.2, 0) is 16.0 Å². The Morgan fingerprint density at radius 1 is 0.939 bits per heavy atom. The van der Waals surface area contributed by atoms with Crippen molar-refractivity contribution in [2.24, 2.45) is 17.2 Å². The van der Waals surface area contributed by atoms with E-state index in [0.717, 1.165) is 57.8 Å². The number of rotatable bonds is 7. The summed E-state index contributed by atoms with van der Waals surface area (Å²) in [4.78, 5) is 29.2. The van der Waals surface area contributed by atoms with E-state index in [0.29, 0.717) is 35.9 Å². The van der Waals surface area contributed by atoms with Crippen LogP contribution in [0.25, 0.3) is 11.3 Å². The lowest BCUT2D eigenvalue weighted by atomic mass is 9.79. The van der Waals surface area contributed by atoms with Crippen molar-refractivity contribution in [2.75, 3.05) is 24.5 Å². The second kappa shape index (κ2) is 13.6. The number of carbonyl (C=O) groups excluding carboxylic acids is 2. The molecule has 3 aliphatic heterocycles. The minimum Gasteiger partial charge on any atom is -0.507 e. The molecule has 1 atom stereocenters. The van der Waals surface area contributed by atoms with Crippen molar-refractivity contribution in [1.29, 1.82) is 0 Å². The molecule has 3 aromatic rings. The summed E-state index contributed by atoms with van der Waals surface area (Å²) in [6, 6.07) is 10.7. The molecule has 12 heteroatoms. The van der Waals surface area contributed by atoms with Crippen molar-refractivity contribution in [2.45, 2.75) is 81.8 Å². The monoisotopic (exact) mass is 668 g/mol. The Balaban J connectivity index is 0.947. The van der Waals surface area contributed by atoms with Gasteiger partial charge in [-0.15, -0.1) is 0 Å². The molecule has 2 saturated heterocycles. The molecule has 4 heterocycles. The Bertz CT molecular complexity index is 1800. The second-order valence-electron chi connectivity index (χ2n) is 13.9. The molecule has 8 N–H and O–H groups in total. The molecule has 7 rings (SSSR count). The smallest absolute Gasteiger partial charge is 0.249 e. The van der Waals surface area contributed by atoms with Crippen LogP contribution in [0.15, 0.2) is 60.7 Å². The van der Waals surface area contributed by atoms with Gasteiger partial charge in [-0.25, -0.2) is 4.39 Å². The van der Waals surface area contributed by atoms with Crippen LogP contribution in [0, 0.1) is 5.82 Å². The van der Waals surface area contributed by atoms with E-state index in [1.807, 2.05) is 10.9 Å². The van der Waals surface area contributed by atoms with Gasteiger partial charge in [0.2, 0.25) is 11.8 Å². The second-order valence-corrected chi connectivity index (χ2v) is 13.9. The van der Waals surface area contributed by atoms with Crippen LogP contribution in [0.4, 0.5) is 10.1 Å². The van der Waals surface area contributed by atoms with E-state index in [9.17, 15) is 19.1 Å². The summed E-state index contributed by atoms with van der Waals surface area (Å²) < 4.78 is 15.8. The number of hydrogen-bond acceptors (Lipinski definition) is 9. The Kier molecular flexibility index (Phi) is 9.06. The quantitative estimate of drug-likeness (QED) is 0.186. The number of aromatic nitrogens is 2. The third-order valence-electron chi connectivity index (χ3n) is 11.0. The number of phenols is 1. The highest BCUT2D eigenvalue weighted by atomic mass is 19.1. The van der Waals surface area contributed by atoms with Crippen LogP contribution in [0.5, 0.6) is 5.75 Å². The van der Waals surface area contributed by atoms with Crippen molar-refractivity contribution < 1.29 is 19.1 Å².